The molecule has 1 aromatic carbocycles. The van der Waals surface area contributed by atoms with Crippen LogP contribution in [0.2, 0.25) is 5.02 Å². The van der Waals surface area contributed by atoms with Crippen LogP contribution in [0.15, 0.2) is 12.1 Å². The highest BCUT2D eigenvalue weighted by molar-refractivity contribution is 6.41. The van der Waals surface area contributed by atoms with E-state index in [9.17, 15) is 23.5 Å². The molecule has 1 aromatic rings. The average molecular weight is 347 g/mol. The molecule has 0 aliphatic heterocycles. The van der Waals surface area contributed by atoms with Crippen LogP contribution in [0.4, 0.5) is 14.5 Å². The van der Waals surface area contributed by atoms with Gasteiger partial charge in [0.15, 0.2) is 11.6 Å². The van der Waals surface area contributed by atoms with Crippen molar-refractivity contribution in [1.29, 1.82) is 0 Å². The van der Waals surface area contributed by atoms with Crippen LogP contribution >= 0.6 is 11.6 Å². The molecular weight excluding hydrogens is 330 g/mol. The highest BCUT2D eigenvalue weighted by atomic mass is 35.5. The van der Waals surface area contributed by atoms with E-state index >= 15 is 0 Å². The van der Waals surface area contributed by atoms with E-state index in [0.717, 1.165) is 18.9 Å². The number of carbonyl (C=O) groups excluding carboxylic acids is 2. The second kappa shape index (κ2) is 7.23. The summed E-state index contributed by atoms with van der Waals surface area (Å²) in [5, 5.41) is 11.7. The van der Waals surface area contributed by atoms with Crippen LogP contribution in [0.3, 0.4) is 0 Å². The van der Waals surface area contributed by atoms with E-state index in [2.05, 4.69) is 5.32 Å². The van der Waals surface area contributed by atoms with Crippen LogP contribution < -0.4 is 5.32 Å². The van der Waals surface area contributed by atoms with Crippen LogP contribution in [0, 0.1) is 17.6 Å². The predicted molar refractivity (Wildman–Crippen MR) is 81.0 cm³/mol. The molecule has 2 rings (SSSR count). The van der Waals surface area contributed by atoms with Crippen molar-refractivity contribution in [2.75, 3.05) is 18.9 Å². The average Bonchev–Trinajstić information content (AvgIpc) is 2.89. The summed E-state index contributed by atoms with van der Waals surface area (Å²) in [4.78, 5) is 25.1. The summed E-state index contributed by atoms with van der Waals surface area (Å²) in [6.45, 7) is 0.249. The number of aliphatic hydroxyl groups excluding tert-OH is 1. The first-order valence-corrected chi connectivity index (χ1v) is 7.56. The van der Waals surface area contributed by atoms with Crippen molar-refractivity contribution in [2.24, 2.45) is 5.92 Å². The van der Waals surface area contributed by atoms with Gasteiger partial charge in [-0.15, -0.1) is 0 Å². The Morgan fingerprint density at radius 3 is 2.61 bits per heavy atom. The summed E-state index contributed by atoms with van der Waals surface area (Å²) >= 11 is 5.71. The van der Waals surface area contributed by atoms with E-state index < -0.39 is 29.6 Å². The zero-order chi connectivity index (χ0) is 17.1. The quantitative estimate of drug-likeness (QED) is 0.651. The molecule has 1 fully saturated rings. The van der Waals surface area contributed by atoms with E-state index in [1.54, 1.807) is 0 Å². The van der Waals surface area contributed by atoms with E-state index in [-0.39, 0.29) is 23.2 Å². The Kier molecular flexibility index (Phi) is 5.54. The maximum absolute atomic E-state index is 13.2. The summed E-state index contributed by atoms with van der Waals surface area (Å²) in [5.74, 6) is -4.24. The Hall–Kier alpha value is -1.73. The van der Waals surface area contributed by atoms with Gasteiger partial charge >= 0.3 is 11.8 Å². The topological polar surface area (TPSA) is 69.6 Å². The van der Waals surface area contributed by atoms with E-state index in [4.69, 9.17) is 11.6 Å². The van der Waals surface area contributed by atoms with E-state index in [1.807, 2.05) is 0 Å². The van der Waals surface area contributed by atoms with Crippen molar-refractivity contribution >= 4 is 29.1 Å². The summed E-state index contributed by atoms with van der Waals surface area (Å²) in [5.41, 5.74) is -0.182. The van der Waals surface area contributed by atoms with Crippen LogP contribution in [-0.2, 0) is 9.59 Å². The number of benzene rings is 1. The van der Waals surface area contributed by atoms with Gasteiger partial charge in [-0.2, -0.15) is 0 Å². The molecule has 0 saturated heterocycles. The van der Waals surface area contributed by atoms with E-state index in [1.165, 1.54) is 11.9 Å². The Labute approximate surface area is 137 Å². The number of rotatable bonds is 3. The lowest BCUT2D eigenvalue weighted by molar-refractivity contribution is -0.142. The molecule has 0 radical (unpaired) electrons. The number of aliphatic hydroxyl groups is 1. The number of nitrogens with zero attached hydrogens (tertiary/aromatic N) is 1. The minimum absolute atomic E-state index is 0.0661. The van der Waals surface area contributed by atoms with Gasteiger partial charge in [0.25, 0.3) is 0 Å². The summed E-state index contributed by atoms with van der Waals surface area (Å²) < 4.78 is 26.2. The van der Waals surface area contributed by atoms with Crippen LogP contribution in [0.1, 0.15) is 19.3 Å². The third-order valence-corrected chi connectivity index (χ3v) is 4.24. The molecule has 2 unspecified atom stereocenters. The molecule has 126 valence electrons. The Morgan fingerprint density at radius 1 is 1.35 bits per heavy atom. The van der Waals surface area contributed by atoms with Crippen molar-refractivity contribution in [3.8, 4) is 0 Å². The van der Waals surface area contributed by atoms with Crippen molar-refractivity contribution in [3.05, 3.63) is 28.8 Å². The third kappa shape index (κ3) is 4.17. The minimum Gasteiger partial charge on any atom is -0.393 e. The molecule has 0 heterocycles. The number of hydrogen-bond acceptors (Lipinski definition) is 3. The van der Waals surface area contributed by atoms with Crippen LogP contribution in [0.25, 0.3) is 0 Å². The predicted octanol–water partition coefficient (Wildman–Crippen LogP) is 2.18. The molecule has 0 bridgehead atoms. The fourth-order valence-electron chi connectivity index (χ4n) is 2.63. The summed E-state index contributed by atoms with van der Waals surface area (Å²) in [6.07, 6.45) is 1.87. The lowest BCUT2D eigenvalue weighted by atomic mass is 10.1. The first-order chi connectivity index (χ1) is 10.8. The number of carbonyl (C=O) groups is 2. The fourth-order valence-corrected chi connectivity index (χ4v) is 2.83. The molecule has 2 amide bonds. The van der Waals surface area contributed by atoms with Gasteiger partial charge in [-0.05, 0) is 18.9 Å². The molecule has 0 aromatic heterocycles. The molecule has 1 saturated carbocycles. The van der Waals surface area contributed by atoms with Crippen molar-refractivity contribution in [2.45, 2.75) is 25.4 Å². The van der Waals surface area contributed by atoms with Gasteiger partial charge < -0.3 is 15.3 Å². The number of likely N-dealkylation sites (N-methyl/N-ethyl adjacent to an activating group) is 1. The first-order valence-electron chi connectivity index (χ1n) is 7.18. The van der Waals surface area contributed by atoms with Gasteiger partial charge in [-0.25, -0.2) is 8.78 Å². The number of anilines is 1. The van der Waals surface area contributed by atoms with Crippen LogP contribution in [-0.4, -0.2) is 41.5 Å². The SMILES string of the molecule is CN(CC1CCCC1O)C(=O)C(=O)Nc1cc(F)c(F)cc1Cl. The number of nitrogens with one attached hydrogen (secondary N) is 1. The monoisotopic (exact) mass is 346 g/mol. The van der Waals surface area contributed by atoms with Crippen molar-refractivity contribution in [3.63, 3.8) is 0 Å². The molecule has 8 heteroatoms. The smallest absolute Gasteiger partial charge is 0.313 e. The number of amides is 2. The fraction of sp³-hybridized carbons (Fsp3) is 0.467. The molecule has 1 aliphatic carbocycles. The Bertz CT molecular complexity index is 627. The normalized spacial score (nSPS) is 20.4. The zero-order valence-corrected chi connectivity index (χ0v) is 13.2. The van der Waals surface area contributed by atoms with Crippen molar-refractivity contribution in [1.82, 2.24) is 4.90 Å². The lowest BCUT2D eigenvalue weighted by Gasteiger charge is -2.22. The molecule has 23 heavy (non-hydrogen) atoms. The Morgan fingerprint density at radius 2 is 2.00 bits per heavy atom. The highest BCUT2D eigenvalue weighted by Crippen LogP contribution is 2.27. The molecular formula is C15H17ClF2N2O3. The zero-order valence-electron chi connectivity index (χ0n) is 12.5. The number of halogens is 3. The molecule has 2 atom stereocenters. The van der Waals surface area contributed by atoms with Gasteiger partial charge in [0, 0.05) is 25.6 Å². The standard InChI is InChI=1S/C15H17ClF2N2O3/c1-20(7-8-3-2-4-13(8)21)15(23)14(22)19-12-6-11(18)10(17)5-9(12)16/h5-6,8,13,21H,2-4,7H2,1H3,(H,19,22). The highest BCUT2D eigenvalue weighted by Gasteiger charge is 2.29. The molecule has 2 N–H and O–H groups in total. The van der Waals surface area contributed by atoms with Gasteiger partial charge in [-0.3, -0.25) is 9.59 Å². The largest absolute Gasteiger partial charge is 0.393 e. The maximum atomic E-state index is 13.2. The lowest BCUT2D eigenvalue weighted by Crippen LogP contribution is -2.41. The second-order valence-electron chi connectivity index (χ2n) is 5.64. The summed E-state index contributed by atoms with van der Waals surface area (Å²) in [6, 6.07) is 1.43. The van der Waals surface area contributed by atoms with Gasteiger partial charge in [0.1, 0.15) is 0 Å². The van der Waals surface area contributed by atoms with Gasteiger partial charge in [-0.1, -0.05) is 18.0 Å². The number of hydrogen-bond donors (Lipinski definition) is 2. The van der Waals surface area contributed by atoms with Crippen LogP contribution in [0.5, 0.6) is 0 Å². The molecule has 1 aliphatic rings. The van der Waals surface area contributed by atoms with Gasteiger partial charge in [0.05, 0.1) is 16.8 Å². The molecule has 5 nitrogen and oxygen atoms in total. The molecule has 0 spiro atoms. The second-order valence-corrected chi connectivity index (χ2v) is 6.05. The third-order valence-electron chi connectivity index (χ3n) is 3.93. The maximum Gasteiger partial charge on any atom is 0.313 e. The first kappa shape index (κ1) is 17.6. The Balaban J connectivity index is 1.99. The van der Waals surface area contributed by atoms with Crippen molar-refractivity contribution < 1.29 is 23.5 Å². The van der Waals surface area contributed by atoms with E-state index in [0.29, 0.717) is 12.5 Å². The summed E-state index contributed by atoms with van der Waals surface area (Å²) in [7, 11) is 1.44. The van der Waals surface area contributed by atoms with Gasteiger partial charge in [0.2, 0.25) is 0 Å². The minimum atomic E-state index is -1.18.